The van der Waals surface area contributed by atoms with Crippen molar-refractivity contribution in [3.05, 3.63) is 35.9 Å². The summed E-state index contributed by atoms with van der Waals surface area (Å²) in [6, 6.07) is 7.99. The Morgan fingerprint density at radius 1 is 1.27 bits per heavy atom. The summed E-state index contributed by atoms with van der Waals surface area (Å²) in [6.45, 7) is 2.90. The van der Waals surface area contributed by atoms with E-state index >= 15 is 0 Å². The Bertz CT molecular complexity index is 652. The third-order valence-electron chi connectivity index (χ3n) is 4.17. The zero-order valence-corrected chi connectivity index (χ0v) is 14.5. The number of hydrogen-bond donors (Lipinski definition) is 1. The van der Waals surface area contributed by atoms with Crippen molar-refractivity contribution in [2.45, 2.75) is 50.5 Å². The molecule has 9 heteroatoms. The average molecular weight is 375 g/mol. The summed E-state index contributed by atoms with van der Waals surface area (Å²) in [7, 11) is 1.33. The Kier molecular flexibility index (Phi) is 5.92. The van der Waals surface area contributed by atoms with Gasteiger partial charge in [0, 0.05) is 13.5 Å². The fourth-order valence-corrected chi connectivity index (χ4v) is 2.91. The minimum Gasteiger partial charge on any atom is -0.454 e. The maximum Gasteiger partial charge on any atom is 0.471 e. The number of carbonyl (C=O) groups excluding carboxylic acids is 2. The summed E-state index contributed by atoms with van der Waals surface area (Å²) >= 11 is 0. The van der Waals surface area contributed by atoms with Gasteiger partial charge in [0.25, 0.3) is 0 Å². The van der Waals surface area contributed by atoms with E-state index in [0.29, 0.717) is 0 Å². The van der Waals surface area contributed by atoms with Crippen LogP contribution in [0.4, 0.5) is 13.2 Å². The van der Waals surface area contributed by atoms with Crippen molar-refractivity contribution in [1.29, 1.82) is 0 Å². The van der Waals surface area contributed by atoms with Crippen molar-refractivity contribution in [2.24, 2.45) is 0 Å². The molecule has 144 valence electrons. The van der Waals surface area contributed by atoms with Gasteiger partial charge in [-0.3, -0.25) is 4.79 Å². The van der Waals surface area contributed by atoms with E-state index in [1.165, 1.54) is 33.1 Å². The predicted molar refractivity (Wildman–Crippen MR) is 84.2 cm³/mol. The molecule has 1 aliphatic rings. The van der Waals surface area contributed by atoms with Crippen LogP contribution in [0.25, 0.3) is 0 Å². The van der Waals surface area contributed by atoms with Gasteiger partial charge >= 0.3 is 18.1 Å². The Hall–Kier alpha value is -2.13. The van der Waals surface area contributed by atoms with Gasteiger partial charge in [0.15, 0.2) is 12.4 Å². The number of ether oxygens (including phenoxy) is 3. The lowest BCUT2D eigenvalue weighted by Crippen LogP contribution is -2.66. The number of rotatable bonds is 4. The van der Waals surface area contributed by atoms with Crippen LogP contribution in [0.15, 0.2) is 30.3 Å². The highest BCUT2D eigenvalue weighted by Crippen LogP contribution is 2.33. The molecular formula is C17H20F3NO5. The van der Waals surface area contributed by atoms with E-state index < -0.39 is 42.1 Å². The smallest absolute Gasteiger partial charge is 0.454 e. The van der Waals surface area contributed by atoms with Crippen LogP contribution in [0.2, 0.25) is 0 Å². The number of methoxy groups -OCH3 is 1. The molecule has 1 aromatic rings. The normalized spacial score (nSPS) is 29.1. The van der Waals surface area contributed by atoms with Gasteiger partial charge in [0.05, 0.1) is 17.2 Å². The molecule has 1 heterocycles. The Labute approximate surface area is 148 Å². The van der Waals surface area contributed by atoms with E-state index in [2.05, 4.69) is 0 Å². The SMILES string of the molecule is CO[C@@H]1C[C@](C)(NC(=O)C(F)(F)F)[C@H](OC(=O)c2ccccc2)[C@@H](C)O1. The largest absolute Gasteiger partial charge is 0.471 e. The molecule has 0 bridgehead atoms. The van der Waals surface area contributed by atoms with E-state index in [-0.39, 0.29) is 12.0 Å². The topological polar surface area (TPSA) is 73.9 Å². The van der Waals surface area contributed by atoms with E-state index in [1.807, 2.05) is 5.32 Å². The molecule has 1 aliphatic heterocycles. The molecule has 0 radical (unpaired) electrons. The lowest BCUT2D eigenvalue weighted by Gasteiger charge is -2.46. The van der Waals surface area contributed by atoms with Gasteiger partial charge in [-0.1, -0.05) is 18.2 Å². The van der Waals surface area contributed by atoms with Crippen molar-refractivity contribution in [3.8, 4) is 0 Å². The van der Waals surface area contributed by atoms with Crippen LogP contribution in [-0.4, -0.2) is 49.2 Å². The van der Waals surface area contributed by atoms with Crippen LogP contribution in [0, 0.1) is 0 Å². The predicted octanol–water partition coefficient (Wildman–Crippen LogP) is 2.43. The highest BCUT2D eigenvalue weighted by atomic mass is 19.4. The van der Waals surface area contributed by atoms with Crippen molar-refractivity contribution in [2.75, 3.05) is 7.11 Å². The molecule has 1 amide bonds. The van der Waals surface area contributed by atoms with Gasteiger partial charge in [-0.2, -0.15) is 13.2 Å². The number of nitrogens with one attached hydrogen (secondary N) is 1. The second-order valence-electron chi connectivity index (χ2n) is 6.27. The van der Waals surface area contributed by atoms with Gasteiger partial charge < -0.3 is 19.5 Å². The first kappa shape index (κ1) is 20.2. The zero-order valence-electron chi connectivity index (χ0n) is 14.5. The van der Waals surface area contributed by atoms with E-state index in [9.17, 15) is 22.8 Å². The second kappa shape index (κ2) is 7.63. The van der Waals surface area contributed by atoms with Crippen LogP contribution in [0.5, 0.6) is 0 Å². The van der Waals surface area contributed by atoms with Crippen LogP contribution >= 0.6 is 0 Å². The monoisotopic (exact) mass is 375 g/mol. The molecule has 26 heavy (non-hydrogen) atoms. The van der Waals surface area contributed by atoms with Gasteiger partial charge in [-0.05, 0) is 26.0 Å². The quantitative estimate of drug-likeness (QED) is 0.819. The third kappa shape index (κ3) is 4.53. The molecule has 6 nitrogen and oxygen atoms in total. The van der Waals surface area contributed by atoms with Gasteiger partial charge in [0.2, 0.25) is 0 Å². The lowest BCUT2D eigenvalue weighted by molar-refractivity contribution is -0.234. The fourth-order valence-electron chi connectivity index (χ4n) is 2.91. The van der Waals surface area contributed by atoms with Gasteiger partial charge in [-0.15, -0.1) is 0 Å². The van der Waals surface area contributed by atoms with Crippen molar-refractivity contribution < 1.29 is 37.0 Å². The first-order chi connectivity index (χ1) is 12.1. The molecule has 0 spiro atoms. The molecule has 2 rings (SSSR count). The maximum absolute atomic E-state index is 12.7. The summed E-state index contributed by atoms with van der Waals surface area (Å²) in [6.07, 6.45) is -7.99. The number of amides is 1. The summed E-state index contributed by atoms with van der Waals surface area (Å²) in [5.74, 6) is -2.85. The van der Waals surface area contributed by atoms with Crippen LogP contribution in [-0.2, 0) is 19.0 Å². The van der Waals surface area contributed by atoms with Gasteiger partial charge in [-0.25, -0.2) is 4.79 Å². The average Bonchev–Trinajstić information content (AvgIpc) is 2.57. The molecule has 0 saturated carbocycles. The fraction of sp³-hybridized carbons (Fsp3) is 0.529. The summed E-state index contributed by atoms with van der Waals surface area (Å²) < 4.78 is 54.2. The molecule has 1 saturated heterocycles. The Morgan fingerprint density at radius 3 is 2.42 bits per heavy atom. The first-order valence-electron chi connectivity index (χ1n) is 7.90. The highest BCUT2D eigenvalue weighted by Gasteiger charge is 2.52. The molecule has 1 fully saturated rings. The number of esters is 1. The zero-order chi connectivity index (χ0) is 19.5. The van der Waals surface area contributed by atoms with Crippen molar-refractivity contribution >= 4 is 11.9 Å². The van der Waals surface area contributed by atoms with E-state index in [0.717, 1.165) is 0 Å². The standard InChI is InChI=1S/C17H20F3NO5/c1-10-13(26-14(22)11-7-5-4-6-8-11)16(2,9-12(24-3)25-10)21-15(23)17(18,19)20/h4-8,10,12-13H,9H2,1-3H3,(H,21,23)/t10-,12+,13-,16+/m1/s1. The van der Waals surface area contributed by atoms with Crippen LogP contribution < -0.4 is 5.32 Å². The third-order valence-corrected chi connectivity index (χ3v) is 4.17. The minimum atomic E-state index is -5.07. The molecule has 1 aromatic carbocycles. The van der Waals surface area contributed by atoms with Gasteiger partial charge in [0.1, 0.15) is 0 Å². The van der Waals surface area contributed by atoms with Crippen LogP contribution in [0.3, 0.4) is 0 Å². The maximum atomic E-state index is 12.7. The van der Waals surface area contributed by atoms with E-state index in [1.54, 1.807) is 18.2 Å². The molecule has 0 aromatic heterocycles. The number of benzene rings is 1. The minimum absolute atomic E-state index is 0.123. The highest BCUT2D eigenvalue weighted by molar-refractivity contribution is 5.89. The summed E-state index contributed by atoms with van der Waals surface area (Å²) in [5, 5.41) is 1.94. The molecule has 4 atom stereocenters. The summed E-state index contributed by atoms with van der Waals surface area (Å²) in [5.41, 5.74) is -1.30. The first-order valence-corrected chi connectivity index (χ1v) is 7.90. The molecule has 1 N–H and O–H groups in total. The Morgan fingerprint density at radius 2 is 1.88 bits per heavy atom. The Balaban J connectivity index is 2.26. The number of carbonyl (C=O) groups is 2. The molecule has 0 unspecified atom stereocenters. The van der Waals surface area contributed by atoms with Crippen molar-refractivity contribution in [3.63, 3.8) is 0 Å². The lowest BCUT2D eigenvalue weighted by atomic mass is 9.84. The number of hydrogen-bond acceptors (Lipinski definition) is 5. The molecule has 0 aliphatic carbocycles. The second-order valence-corrected chi connectivity index (χ2v) is 6.27. The number of alkyl halides is 3. The summed E-state index contributed by atoms with van der Waals surface area (Å²) in [4.78, 5) is 23.8. The van der Waals surface area contributed by atoms with Crippen molar-refractivity contribution in [1.82, 2.24) is 5.32 Å². The molecular weight excluding hydrogens is 355 g/mol. The van der Waals surface area contributed by atoms with E-state index in [4.69, 9.17) is 14.2 Å². The number of halogens is 3. The van der Waals surface area contributed by atoms with Crippen LogP contribution in [0.1, 0.15) is 30.6 Å².